The molecule has 3 rings (SSSR count). The van der Waals surface area contributed by atoms with Crippen molar-refractivity contribution in [1.82, 2.24) is 10.2 Å². The minimum atomic E-state index is 0.0407. The summed E-state index contributed by atoms with van der Waals surface area (Å²) in [6.07, 6.45) is 3.91. The Morgan fingerprint density at radius 2 is 2.00 bits per heavy atom. The molecule has 0 spiro atoms. The van der Waals surface area contributed by atoms with E-state index in [0.29, 0.717) is 10.0 Å². The number of amides is 1. The van der Waals surface area contributed by atoms with Gasteiger partial charge in [0, 0.05) is 29.2 Å². The van der Waals surface area contributed by atoms with Crippen molar-refractivity contribution in [3.8, 4) is 0 Å². The van der Waals surface area contributed by atoms with Crippen LogP contribution in [-0.2, 0) is 17.8 Å². The molecule has 0 unspecified atom stereocenters. The average Bonchev–Trinajstić information content (AvgIpc) is 2.69. The number of nitrogens with zero attached hydrogens (tertiary/aromatic N) is 1. The van der Waals surface area contributed by atoms with Crippen molar-refractivity contribution < 1.29 is 4.79 Å². The predicted molar refractivity (Wildman–Crippen MR) is 117 cm³/mol. The van der Waals surface area contributed by atoms with Crippen LogP contribution in [0, 0.1) is 5.92 Å². The summed E-state index contributed by atoms with van der Waals surface area (Å²) < 4.78 is 0. The molecule has 2 aromatic rings. The van der Waals surface area contributed by atoms with E-state index in [1.807, 2.05) is 18.2 Å². The summed E-state index contributed by atoms with van der Waals surface area (Å²) in [5.74, 6) is 0.214. The van der Waals surface area contributed by atoms with Gasteiger partial charge >= 0.3 is 0 Å². The number of aryl methyl sites for hydroxylation is 1. The minimum absolute atomic E-state index is 0.0407. The molecule has 2 atom stereocenters. The maximum absolute atomic E-state index is 12.7. The van der Waals surface area contributed by atoms with Gasteiger partial charge in [-0.1, -0.05) is 59.6 Å². The number of piperidine rings is 1. The third-order valence-electron chi connectivity index (χ3n) is 5.38. The molecule has 0 radical (unpaired) electrons. The van der Waals surface area contributed by atoms with Crippen LogP contribution >= 0.6 is 23.2 Å². The zero-order valence-corrected chi connectivity index (χ0v) is 17.8. The quantitative estimate of drug-likeness (QED) is 0.657. The van der Waals surface area contributed by atoms with E-state index in [-0.39, 0.29) is 17.9 Å². The second kappa shape index (κ2) is 10.3. The maximum atomic E-state index is 12.7. The molecule has 1 N–H and O–H groups in total. The first-order valence-electron chi connectivity index (χ1n) is 10.0. The van der Waals surface area contributed by atoms with Gasteiger partial charge in [0.25, 0.3) is 0 Å². The molecule has 5 heteroatoms. The first-order valence-corrected chi connectivity index (χ1v) is 10.8. The van der Waals surface area contributed by atoms with Crippen LogP contribution < -0.4 is 5.32 Å². The van der Waals surface area contributed by atoms with Crippen molar-refractivity contribution in [2.75, 3.05) is 13.1 Å². The molecule has 0 aliphatic carbocycles. The largest absolute Gasteiger partial charge is 0.353 e. The fraction of sp³-hybridized carbons (Fsp3) is 0.435. The highest BCUT2D eigenvalue weighted by molar-refractivity contribution is 6.35. The molecule has 0 saturated carbocycles. The van der Waals surface area contributed by atoms with Crippen LogP contribution in [0.15, 0.2) is 48.5 Å². The molecule has 1 saturated heterocycles. The van der Waals surface area contributed by atoms with E-state index in [1.165, 1.54) is 5.56 Å². The Morgan fingerprint density at radius 3 is 2.75 bits per heavy atom. The van der Waals surface area contributed by atoms with Gasteiger partial charge in [0.2, 0.25) is 5.91 Å². The molecule has 1 aliphatic heterocycles. The topological polar surface area (TPSA) is 32.3 Å². The normalized spacial score (nSPS) is 18.6. The molecular formula is C23H28Cl2N2O. The summed E-state index contributed by atoms with van der Waals surface area (Å²) in [5.41, 5.74) is 2.37. The Morgan fingerprint density at radius 1 is 1.21 bits per heavy atom. The molecule has 150 valence electrons. The number of likely N-dealkylation sites (tertiary alicyclic amines) is 1. The third-order valence-corrected chi connectivity index (χ3v) is 5.97. The highest BCUT2D eigenvalue weighted by Gasteiger charge is 2.26. The lowest BCUT2D eigenvalue weighted by Crippen LogP contribution is -2.45. The van der Waals surface area contributed by atoms with Crippen LogP contribution in [0.25, 0.3) is 0 Å². The Labute approximate surface area is 178 Å². The van der Waals surface area contributed by atoms with Gasteiger partial charge in [0.05, 0.1) is 5.92 Å². The smallest absolute Gasteiger partial charge is 0.224 e. The molecule has 0 bridgehead atoms. The summed E-state index contributed by atoms with van der Waals surface area (Å²) in [6, 6.07) is 16.2. The Kier molecular flexibility index (Phi) is 7.78. The second-order valence-electron chi connectivity index (χ2n) is 7.74. The van der Waals surface area contributed by atoms with Gasteiger partial charge in [0.15, 0.2) is 0 Å². The number of hydrogen-bond donors (Lipinski definition) is 1. The van der Waals surface area contributed by atoms with Crippen LogP contribution in [-0.4, -0.2) is 29.9 Å². The number of hydrogen-bond acceptors (Lipinski definition) is 2. The maximum Gasteiger partial charge on any atom is 0.224 e. The van der Waals surface area contributed by atoms with Crippen LogP contribution in [0.2, 0.25) is 10.0 Å². The van der Waals surface area contributed by atoms with E-state index in [1.54, 1.807) is 6.07 Å². The van der Waals surface area contributed by atoms with Gasteiger partial charge in [-0.3, -0.25) is 9.69 Å². The van der Waals surface area contributed by atoms with Crippen LogP contribution in [0.1, 0.15) is 37.3 Å². The van der Waals surface area contributed by atoms with Crippen LogP contribution in [0.4, 0.5) is 0 Å². The number of benzene rings is 2. The third kappa shape index (κ3) is 6.23. The zero-order valence-electron chi connectivity index (χ0n) is 16.3. The Hall–Kier alpha value is -1.55. The summed E-state index contributed by atoms with van der Waals surface area (Å²) in [5, 5.41) is 4.55. The van der Waals surface area contributed by atoms with Crippen LogP contribution in [0.5, 0.6) is 0 Å². The van der Waals surface area contributed by atoms with E-state index in [0.717, 1.165) is 50.9 Å². The van der Waals surface area contributed by atoms with Crippen molar-refractivity contribution in [1.29, 1.82) is 0 Å². The fourth-order valence-corrected chi connectivity index (χ4v) is 4.23. The second-order valence-corrected chi connectivity index (χ2v) is 8.59. The van der Waals surface area contributed by atoms with Crippen molar-refractivity contribution in [3.05, 3.63) is 69.7 Å². The van der Waals surface area contributed by atoms with Crippen molar-refractivity contribution in [2.24, 2.45) is 5.92 Å². The summed E-state index contributed by atoms with van der Waals surface area (Å²) in [4.78, 5) is 15.1. The van der Waals surface area contributed by atoms with E-state index in [2.05, 4.69) is 41.4 Å². The number of halogens is 2. The molecule has 28 heavy (non-hydrogen) atoms. The average molecular weight is 419 g/mol. The van der Waals surface area contributed by atoms with E-state index < -0.39 is 0 Å². The first-order chi connectivity index (χ1) is 13.5. The number of carbonyl (C=O) groups is 1. The fourth-order valence-electron chi connectivity index (χ4n) is 3.76. The first kappa shape index (κ1) is 21.2. The molecule has 0 aromatic heterocycles. The molecule has 1 amide bonds. The Balaban J connectivity index is 1.48. The van der Waals surface area contributed by atoms with E-state index >= 15 is 0 Å². The molecule has 2 aromatic carbocycles. The summed E-state index contributed by atoms with van der Waals surface area (Å²) in [6.45, 7) is 4.61. The van der Waals surface area contributed by atoms with Crippen molar-refractivity contribution >= 4 is 29.1 Å². The van der Waals surface area contributed by atoms with Gasteiger partial charge in [-0.15, -0.1) is 0 Å². The van der Waals surface area contributed by atoms with E-state index in [9.17, 15) is 4.79 Å². The standard InChI is InChI=1S/C23H28Cl2N2O/c1-17(9-10-18-6-3-2-4-7-18)26-23(28)20-8-5-13-27(16-20)15-19-11-12-21(24)14-22(19)25/h2-4,6-7,11-12,14,17,20H,5,8-10,13,15-16H2,1H3,(H,26,28)/t17-,20+/m1/s1. The molecule has 1 aliphatic rings. The SMILES string of the molecule is C[C@H](CCc1ccccc1)NC(=O)[C@H]1CCCN(Cc2ccc(Cl)cc2Cl)C1. The summed E-state index contributed by atoms with van der Waals surface area (Å²) in [7, 11) is 0. The van der Waals surface area contributed by atoms with Gasteiger partial charge in [-0.2, -0.15) is 0 Å². The lowest BCUT2D eigenvalue weighted by Gasteiger charge is -2.32. The highest BCUT2D eigenvalue weighted by atomic mass is 35.5. The minimum Gasteiger partial charge on any atom is -0.353 e. The summed E-state index contributed by atoms with van der Waals surface area (Å²) >= 11 is 12.3. The highest BCUT2D eigenvalue weighted by Crippen LogP contribution is 2.25. The molecule has 1 heterocycles. The number of rotatable bonds is 7. The molecule has 3 nitrogen and oxygen atoms in total. The van der Waals surface area contributed by atoms with Gasteiger partial charge in [0.1, 0.15) is 0 Å². The number of carbonyl (C=O) groups excluding carboxylic acids is 1. The van der Waals surface area contributed by atoms with Gasteiger partial charge in [-0.25, -0.2) is 0 Å². The number of nitrogens with one attached hydrogen (secondary N) is 1. The van der Waals surface area contributed by atoms with Crippen molar-refractivity contribution in [3.63, 3.8) is 0 Å². The lowest BCUT2D eigenvalue weighted by atomic mass is 9.96. The molecular weight excluding hydrogens is 391 g/mol. The van der Waals surface area contributed by atoms with Crippen molar-refractivity contribution in [2.45, 2.75) is 45.2 Å². The van der Waals surface area contributed by atoms with Crippen LogP contribution in [0.3, 0.4) is 0 Å². The molecule has 1 fully saturated rings. The monoisotopic (exact) mass is 418 g/mol. The Bertz CT molecular complexity index is 781. The lowest BCUT2D eigenvalue weighted by molar-refractivity contribution is -0.127. The predicted octanol–water partition coefficient (Wildman–Crippen LogP) is 5.34. The van der Waals surface area contributed by atoms with E-state index in [4.69, 9.17) is 23.2 Å². The zero-order chi connectivity index (χ0) is 19.9. The van der Waals surface area contributed by atoms with Gasteiger partial charge < -0.3 is 5.32 Å². The van der Waals surface area contributed by atoms with Gasteiger partial charge in [-0.05, 0) is 62.4 Å².